The largest absolute Gasteiger partial charge is 0.359 e. The predicted octanol–water partition coefficient (Wildman–Crippen LogP) is 7.47. The van der Waals surface area contributed by atoms with Crippen LogP contribution in [0.3, 0.4) is 0 Å². The molecule has 0 unspecified atom stereocenters. The van der Waals surface area contributed by atoms with Crippen LogP contribution in [0.25, 0.3) is 27.8 Å². The van der Waals surface area contributed by atoms with Crippen molar-refractivity contribution < 1.29 is 9.32 Å². The van der Waals surface area contributed by atoms with Gasteiger partial charge in [0.15, 0.2) is 5.82 Å². The van der Waals surface area contributed by atoms with E-state index in [0.29, 0.717) is 15.9 Å². The predicted molar refractivity (Wildman–Crippen MR) is 144 cm³/mol. The normalized spacial score (nSPS) is 11.7. The molecule has 0 atom stereocenters. The van der Waals surface area contributed by atoms with E-state index in [1.54, 1.807) is 18.5 Å². The summed E-state index contributed by atoms with van der Waals surface area (Å²) in [6, 6.07) is 21.1. The number of anilines is 1. The van der Waals surface area contributed by atoms with Gasteiger partial charge in [-0.2, -0.15) is 0 Å². The van der Waals surface area contributed by atoms with E-state index in [1.165, 1.54) is 0 Å². The van der Waals surface area contributed by atoms with Crippen LogP contribution < -0.4 is 5.32 Å². The fraction of sp³-hybridized carbons (Fsp3) is 0.179. The highest BCUT2D eigenvalue weighted by Gasteiger charge is 2.20. The molecule has 0 saturated heterocycles. The van der Waals surface area contributed by atoms with Crippen LogP contribution in [0.4, 0.5) is 5.82 Å². The number of nitrogens with one attached hydrogen (secondary N) is 1. The maximum Gasteiger partial charge on any atom is 0.230 e. The number of imidazole rings is 1. The first-order valence-electron chi connectivity index (χ1n) is 11.5. The van der Waals surface area contributed by atoms with Crippen molar-refractivity contribution in [2.24, 2.45) is 0 Å². The molecule has 2 heterocycles. The molecule has 0 saturated carbocycles. The molecule has 36 heavy (non-hydrogen) atoms. The Bertz CT molecular complexity index is 1560. The zero-order chi connectivity index (χ0) is 25.4. The second-order valence-corrected chi connectivity index (χ2v) is 10.5. The van der Waals surface area contributed by atoms with Crippen LogP contribution in [0.15, 0.2) is 77.6 Å². The molecule has 6 nitrogen and oxygen atoms in total. The Balaban J connectivity index is 1.30. The maximum atomic E-state index is 12.5. The minimum absolute atomic E-state index is 0.155. The third-order valence-corrected chi connectivity index (χ3v) is 6.43. The number of aromatic nitrogens is 3. The number of nitrogens with zero attached hydrogens (tertiary/aromatic N) is 3. The number of carbonyl (C=O) groups excluding carboxylic acids is 1. The van der Waals surface area contributed by atoms with Crippen molar-refractivity contribution in [3.05, 3.63) is 94.4 Å². The number of amides is 1. The molecule has 3 aromatic carbocycles. The van der Waals surface area contributed by atoms with E-state index >= 15 is 0 Å². The van der Waals surface area contributed by atoms with Gasteiger partial charge in [0, 0.05) is 32.8 Å². The fourth-order valence-corrected chi connectivity index (χ4v) is 4.46. The van der Waals surface area contributed by atoms with E-state index in [1.807, 2.05) is 79.9 Å². The molecule has 1 N–H and O–H groups in total. The Morgan fingerprint density at radius 3 is 2.47 bits per heavy atom. The molecule has 1 amide bonds. The lowest BCUT2D eigenvalue weighted by Crippen LogP contribution is -2.14. The minimum Gasteiger partial charge on any atom is -0.359 e. The van der Waals surface area contributed by atoms with Gasteiger partial charge in [0.25, 0.3) is 0 Å². The lowest BCUT2D eigenvalue weighted by molar-refractivity contribution is -0.115. The Kier molecular flexibility index (Phi) is 6.33. The summed E-state index contributed by atoms with van der Waals surface area (Å²) in [4.78, 5) is 17.1. The first-order chi connectivity index (χ1) is 17.2. The van der Waals surface area contributed by atoms with Crippen molar-refractivity contribution in [3.63, 3.8) is 0 Å². The van der Waals surface area contributed by atoms with Gasteiger partial charge >= 0.3 is 0 Å². The molecule has 5 rings (SSSR count). The van der Waals surface area contributed by atoms with Crippen molar-refractivity contribution >= 4 is 46.0 Å². The molecule has 2 aromatic heterocycles. The summed E-state index contributed by atoms with van der Waals surface area (Å²) in [6.07, 6.45) is 2.02. The van der Waals surface area contributed by atoms with Gasteiger partial charge in [-0.1, -0.05) is 73.4 Å². The number of hydrogen-bond acceptors (Lipinski definition) is 4. The standard InChI is InChI=1S/C28H24Cl2N4O2/c1-28(2,3)25-15-26(33-36-25)32-27(35)12-17-4-8-20(9-5-17)34-16-31-23-13-18(6-11-24(23)34)21-10-7-19(29)14-22(21)30/h4-11,13-16H,12H2,1-3H3,(H,32,33,35). The Morgan fingerprint density at radius 1 is 1.00 bits per heavy atom. The first kappa shape index (κ1) is 24.1. The summed E-state index contributed by atoms with van der Waals surface area (Å²) in [5, 5.41) is 7.94. The van der Waals surface area contributed by atoms with Gasteiger partial charge in [-0.25, -0.2) is 4.98 Å². The molecule has 0 radical (unpaired) electrons. The lowest BCUT2D eigenvalue weighted by atomic mass is 9.93. The smallest absolute Gasteiger partial charge is 0.230 e. The zero-order valence-corrected chi connectivity index (χ0v) is 21.6. The summed E-state index contributed by atoms with van der Waals surface area (Å²) in [7, 11) is 0. The Hall–Kier alpha value is -3.61. The van der Waals surface area contributed by atoms with Crippen LogP contribution in [0.2, 0.25) is 10.0 Å². The van der Waals surface area contributed by atoms with E-state index in [2.05, 4.69) is 15.5 Å². The highest BCUT2D eigenvalue weighted by Crippen LogP contribution is 2.32. The number of benzene rings is 3. The molecule has 0 bridgehead atoms. The number of rotatable bonds is 5. The van der Waals surface area contributed by atoms with Gasteiger partial charge in [-0.3, -0.25) is 9.36 Å². The number of fused-ring (bicyclic) bond motifs is 1. The fourth-order valence-electron chi connectivity index (χ4n) is 3.94. The van der Waals surface area contributed by atoms with Crippen LogP contribution in [0.1, 0.15) is 32.1 Å². The summed E-state index contributed by atoms with van der Waals surface area (Å²) >= 11 is 12.4. The summed E-state index contributed by atoms with van der Waals surface area (Å²) in [5.41, 5.74) is 5.36. The third-order valence-electron chi connectivity index (χ3n) is 5.89. The Morgan fingerprint density at radius 2 is 1.78 bits per heavy atom. The molecule has 0 aliphatic rings. The summed E-state index contributed by atoms with van der Waals surface area (Å²) in [5.74, 6) is 0.988. The number of halogens is 2. The molecular formula is C28H24Cl2N4O2. The molecular weight excluding hydrogens is 495 g/mol. The van der Waals surface area contributed by atoms with E-state index in [0.717, 1.165) is 39.2 Å². The molecule has 182 valence electrons. The van der Waals surface area contributed by atoms with Gasteiger partial charge in [0.1, 0.15) is 12.1 Å². The number of hydrogen-bond donors (Lipinski definition) is 1. The highest BCUT2D eigenvalue weighted by molar-refractivity contribution is 6.36. The molecule has 0 aliphatic carbocycles. The minimum atomic E-state index is -0.173. The van der Waals surface area contributed by atoms with Crippen LogP contribution >= 0.6 is 23.2 Å². The first-order valence-corrected chi connectivity index (χ1v) is 12.2. The van der Waals surface area contributed by atoms with Crippen molar-refractivity contribution in [2.75, 3.05) is 5.32 Å². The van der Waals surface area contributed by atoms with Crippen molar-refractivity contribution in [1.82, 2.24) is 14.7 Å². The second kappa shape index (κ2) is 9.45. The monoisotopic (exact) mass is 518 g/mol. The SMILES string of the molecule is CC(C)(C)c1cc(NC(=O)Cc2ccc(-n3cnc4cc(-c5ccc(Cl)cc5Cl)ccc43)cc2)no1. The lowest BCUT2D eigenvalue weighted by Gasteiger charge is -2.12. The van der Waals surface area contributed by atoms with Gasteiger partial charge in [0.2, 0.25) is 5.91 Å². The number of carbonyl (C=O) groups is 1. The van der Waals surface area contributed by atoms with Gasteiger partial charge in [0.05, 0.1) is 17.5 Å². The topological polar surface area (TPSA) is 73.0 Å². The van der Waals surface area contributed by atoms with Crippen LogP contribution in [0, 0.1) is 0 Å². The van der Waals surface area contributed by atoms with Crippen molar-refractivity contribution in [3.8, 4) is 16.8 Å². The van der Waals surface area contributed by atoms with Crippen molar-refractivity contribution in [1.29, 1.82) is 0 Å². The summed E-state index contributed by atoms with van der Waals surface area (Å²) < 4.78 is 7.34. The van der Waals surface area contributed by atoms with Crippen LogP contribution in [-0.2, 0) is 16.6 Å². The average molecular weight is 519 g/mol. The molecule has 8 heteroatoms. The van der Waals surface area contributed by atoms with Crippen molar-refractivity contribution in [2.45, 2.75) is 32.6 Å². The van der Waals surface area contributed by atoms with Gasteiger partial charge in [-0.15, -0.1) is 0 Å². The average Bonchev–Trinajstić information content (AvgIpc) is 3.46. The second-order valence-electron chi connectivity index (χ2n) is 9.66. The molecule has 0 aliphatic heterocycles. The van der Waals surface area contributed by atoms with E-state index in [4.69, 9.17) is 27.7 Å². The van der Waals surface area contributed by atoms with Crippen LogP contribution in [0.5, 0.6) is 0 Å². The maximum absolute atomic E-state index is 12.5. The molecule has 0 spiro atoms. The van der Waals surface area contributed by atoms with E-state index in [9.17, 15) is 4.79 Å². The summed E-state index contributed by atoms with van der Waals surface area (Å²) in [6.45, 7) is 6.08. The quantitative estimate of drug-likeness (QED) is 0.262. The van der Waals surface area contributed by atoms with E-state index < -0.39 is 0 Å². The highest BCUT2D eigenvalue weighted by atomic mass is 35.5. The van der Waals surface area contributed by atoms with Gasteiger partial charge < -0.3 is 9.84 Å². The third kappa shape index (κ3) is 5.01. The van der Waals surface area contributed by atoms with Gasteiger partial charge in [-0.05, 0) is 47.5 Å². The molecule has 5 aromatic rings. The van der Waals surface area contributed by atoms with Crippen LogP contribution in [-0.4, -0.2) is 20.6 Å². The Labute approximate surface area is 218 Å². The van der Waals surface area contributed by atoms with E-state index in [-0.39, 0.29) is 17.7 Å². The zero-order valence-electron chi connectivity index (χ0n) is 20.0. The molecule has 0 fully saturated rings.